The van der Waals surface area contributed by atoms with Crippen molar-refractivity contribution in [1.29, 1.82) is 0 Å². The van der Waals surface area contributed by atoms with Gasteiger partial charge < -0.3 is 9.64 Å². The van der Waals surface area contributed by atoms with E-state index >= 15 is 0 Å². The van der Waals surface area contributed by atoms with Crippen molar-refractivity contribution in [1.82, 2.24) is 14.5 Å². The van der Waals surface area contributed by atoms with Crippen LogP contribution in [0.5, 0.6) is 0 Å². The third kappa shape index (κ3) is 5.17. The molecular weight excluding hydrogens is 499 g/mol. The summed E-state index contributed by atoms with van der Waals surface area (Å²) in [6.07, 6.45) is 0. The highest BCUT2D eigenvalue weighted by Crippen LogP contribution is 2.29. The second kappa shape index (κ2) is 10.3. The largest absolute Gasteiger partial charge is 0.462 e. The lowest BCUT2D eigenvalue weighted by atomic mass is 10.1. The number of anilines is 1. The highest BCUT2D eigenvalue weighted by molar-refractivity contribution is 7.89. The van der Waals surface area contributed by atoms with E-state index in [0.717, 1.165) is 5.56 Å². The number of aromatic nitrogens is 2. The zero-order chi connectivity index (χ0) is 24.3. The first kappa shape index (κ1) is 24.4. The number of nitrogens with zero attached hydrogens (tertiary/aromatic N) is 4. The Kier molecular flexibility index (Phi) is 7.37. The van der Waals surface area contributed by atoms with Gasteiger partial charge in [0.05, 0.1) is 27.8 Å². The smallest absolute Gasteiger partial charge is 0.338 e. The van der Waals surface area contributed by atoms with Crippen molar-refractivity contribution in [3.05, 3.63) is 70.2 Å². The van der Waals surface area contributed by atoms with Gasteiger partial charge in [0.15, 0.2) is 5.82 Å². The van der Waals surface area contributed by atoms with Crippen molar-refractivity contribution in [2.75, 3.05) is 37.7 Å². The Hall–Kier alpha value is -2.72. The van der Waals surface area contributed by atoms with Gasteiger partial charge in [-0.1, -0.05) is 23.2 Å². The van der Waals surface area contributed by atoms with Crippen LogP contribution in [0.25, 0.3) is 11.3 Å². The first-order valence-electron chi connectivity index (χ1n) is 10.6. The minimum atomic E-state index is -3.68. The predicted molar refractivity (Wildman–Crippen MR) is 131 cm³/mol. The summed E-state index contributed by atoms with van der Waals surface area (Å²) in [4.78, 5) is 13.9. The van der Waals surface area contributed by atoms with Crippen LogP contribution >= 0.6 is 23.2 Å². The van der Waals surface area contributed by atoms with Gasteiger partial charge in [0, 0.05) is 36.8 Å². The molecule has 2 aromatic carbocycles. The van der Waals surface area contributed by atoms with Gasteiger partial charge in [0.2, 0.25) is 10.0 Å². The molecule has 1 aliphatic rings. The Bertz CT molecular complexity index is 1280. The zero-order valence-electron chi connectivity index (χ0n) is 18.3. The van der Waals surface area contributed by atoms with Gasteiger partial charge in [-0.15, -0.1) is 10.2 Å². The molecule has 0 aliphatic carbocycles. The van der Waals surface area contributed by atoms with Crippen molar-refractivity contribution in [3.63, 3.8) is 0 Å². The lowest BCUT2D eigenvalue weighted by molar-refractivity contribution is 0.0526. The molecule has 0 N–H and O–H groups in total. The first-order chi connectivity index (χ1) is 16.3. The van der Waals surface area contributed by atoms with E-state index in [-0.39, 0.29) is 11.5 Å². The summed E-state index contributed by atoms with van der Waals surface area (Å²) in [5, 5.41) is 9.61. The van der Waals surface area contributed by atoms with E-state index in [2.05, 4.69) is 10.2 Å². The fourth-order valence-electron chi connectivity index (χ4n) is 3.62. The number of piperazine rings is 1. The molecule has 8 nitrogen and oxygen atoms in total. The third-order valence-corrected chi connectivity index (χ3v) is 7.88. The molecule has 1 saturated heterocycles. The highest BCUT2D eigenvalue weighted by atomic mass is 35.5. The number of benzene rings is 2. The van der Waals surface area contributed by atoms with Gasteiger partial charge in [-0.2, -0.15) is 4.31 Å². The lowest BCUT2D eigenvalue weighted by Gasteiger charge is -2.34. The summed E-state index contributed by atoms with van der Waals surface area (Å²) < 4.78 is 32.4. The maximum Gasteiger partial charge on any atom is 0.338 e. The maximum atomic E-state index is 13.0. The summed E-state index contributed by atoms with van der Waals surface area (Å²) >= 11 is 12.2. The summed E-state index contributed by atoms with van der Waals surface area (Å²) in [6, 6.07) is 14.6. The van der Waals surface area contributed by atoms with Crippen LogP contribution in [-0.4, -0.2) is 61.7 Å². The maximum absolute atomic E-state index is 13.0. The molecule has 0 bridgehead atoms. The minimum Gasteiger partial charge on any atom is -0.462 e. The molecule has 178 valence electrons. The second-order valence-electron chi connectivity index (χ2n) is 7.54. The standard InChI is InChI=1S/C23H22Cl2N4O4S/c1-2-33-23(30)16-3-6-18(7-4-16)34(31,32)29-13-11-28(12-14-29)22-10-9-21(26-27-22)19-8-5-17(24)15-20(19)25/h3-10,15H,2,11-14H2,1H3. The molecule has 0 amide bonds. The monoisotopic (exact) mass is 520 g/mol. The van der Waals surface area contributed by atoms with Gasteiger partial charge in [0.1, 0.15) is 0 Å². The molecule has 11 heteroatoms. The molecule has 0 saturated carbocycles. The molecule has 0 unspecified atom stereocenters. The normalized spacial score (nSPS) is 14.7. The van der Waals surface area contributed by atoms with E-state index < -0.39 is 16.0 Å². The van der Waals surface area contributed by atoms with Crippen molar-refractivity contribution in [2.24, 2.45) is 0 Å². The van der Waals surface area contributed by atoms with E-state index in [9.17, 15) is 13.2 Å². The zero-order valence-corrected chi connectivity index (χ0v) is 20.6. The number of esters is 1. The highest BCUT2D eigenvalue weighted by Gasteiger charge is 2.29. The van der Waals surface area contributed by atoms with E-state index in [1.807, 2.05) is 17.0 Å². The van der Waals surface area contributed by atoms with E-state index in [0.29, 0.717) is 53.3 Å². The summed E-state index contributed by atoms with van der Waals surface area (Å²) in [7, 11) is -3.68. The molecule has 1 fully saturated rings. The first-order valence-corrected chi connectivity index (χ1v) is 12.8. The Balaban J connectivity index is 1.41. The van der Waals surface area contributed by atoms with E-state index in [1.165, 1.54) is 28.6 Å². The van der Waals surface area contributed by atoms with Crippen molar-refractivity contribution >= 4 is 45.0 Å². The number of carbonyl (C=O) groups excluding carboxylic acids is 1. The SMILES string of the molecule is CCOC(=O)c1ccc(S(=O)(=O)N2CCN(c3ccc(-c4ccc(Cl)cc4Cl)nn3)CC2)cc1. The summed E-state index contributed by atoms with van der Waals surface area (Å²) in [5.41, 5.74) is 1.67. The molecule has 1 aliphatic heterocycles. The quantitative estimate of drug-likeness (QED) is 0.451. The van der Waals surface area contributed by atoms with Gasteiger partial charge in [-0.05, 0) is 61.5 Å². The van der Waals surface area contributed by atoms with Crippen molar-refractivity contribution < 1.29 is 17.9 Å². The molecule has 2 heterocycles. The number of ether oxygens (including phenoxy) is 1. The van der Waals surface area contributed by atoms with Crippen LogP contribution in [0.3, 0.4) is 0 Å². The lowest BCUT2D eigenvalue weighted by Crippen LogP contribution is -2.49. The fourth-order valence-corrected chi connectivity index (χ4v) is 5.55. The Morgan fingerprint density at radius 1 is 0.971 bits per heavy atom. The van der Waals surface area contributed by atoms with Crippen LogP contribution in [-0.2, 0) is 14.8 Å². The number of hydrogen-bond donors (Lipinski definition) is 0. The van der Waals surface area contributed by atoms with Crippen molar-refractivity contribution in [2.45, 2.75) is 11.8 Å². The Morgan fingerprint density at radius 2 is 1.68 bits per heavy atom. The van der Waals surface area contributed by atoms with Crippen LogP contribution in [0.15, 0.2) is 59.5 Å². The van der Waals surface area contributed by atoms with Crippen LogP contribution < -0.4 is 4.90 Å². The Morgan fingerprint density at radius 3 is 2.26 bits per heavy atom. The molecule has 3 aromatic rings. The summed E-state index contributed by atoms with van der Waals surface area (Å²) in [5.74, 6) is 0.176. The van der Waals surface area contributed by atoms with Crippen LogP contribution in [0, 0.1) is 0 Å². The van der Waals surface area contributed by atoms with E-state index in [4.69, 9.17) is 27.9 Å². The second-order valence-corrected chi connectivity index (χ2v) is 10.3. The minimum absolute atomic E-state index is 0.137. The number of sulfonamides is 1. The molecular formula is C23H22Cl2N4O4S. The predicted octanol–water partition coefficient (Wildman–Crippen LogP) is 4.14. The van der Waals surface area contributed by atoms with Crippen LogP contribution in [0.4, 0.5) is 5.82 Å². The van der Waals surface area contributed by atoms with Gasteiger partial charge in [0.25, 0.3) is 0 Å². The molecule has 4 rings (SSSR count). The molecule has 0 atom stereocenters. The summed E-state index contributed by atoms with van der Waals surface area (Å²) in [6.45, 7) is 3.51. The molecule has 1 aromatic heterocycles. The average Bonchev–Trinajstić information content (AvgIpc) is 2.84. The number of hydrogen-bond acceptors (Lipinski definition) is 7. The molecule has 34 heavy (non-hydrogen) atoms. The number of carbonyl (C=O) groups is 1. The molecule has 0 radical (unpaired) electrons. The van der Waals surface area contributed by atoms with Gasteiger partial charge >= 0.3 is 5.97 Å². The number of halogens is 2. The van der Waals surface area contributed by atoms with Crippen LogP contribution in [0.1, 0.15) is 17.3 Å². The fraction of sp³-hybridized carbons (Fsp3) is 0.261. The van der Waals surface area contributed by atoms with E-state index in [1.54, 1.807) is 25.1 Å². The average molecular weight is 521 g/mol. The third-order valence-electron chi connectivity index (χ3n) is 5.42. The van der Waals surface area contributed by atoms with Crippen molar-refractivity contribution in [3.8, 4) is 11.3 Å². The number of rotatable bonds is 6. The molecule has 0 spiro atoms. The van der Waals surface area contributed by atoms with Gasteiger partial charge in [-0.3, -0.25) is 0 Å². The Labute approximate surface area is 208 Å². The van der Waals surface area contributed by atoms with Crippen LogP contribution in [0.2, 0.25) is 10.0 Å². The van der Waals surface area contributed by atoms with Gasteiger partial charge in [-0.25, -0.2) is 13.2 Å². The topological polar surface area (TPSA) is 92.7 Å².